The van der Waals surface area contributed by atoms with Gasteiger partial charge in [0, 0.05) is 24.7 Å². The molecule has 1 aliphatic rings. The average Bonchev–Trinajstić information content (AvgIpc) is 2.68. The lowest BCUT2D eigenvalue weighted by molar-refractivity contribution is -0.120. The molecule has 1 aliphatic heterocycles. The van der Waals surface area contributed by atoms with Gasteiger partial charge in [-0.3, -0.25) is 4.79 Å². The number of hydrogen-bond acceptors (Lipinski definition) is 4. The summed E-state index contributed by atoms with van der Waals surface area (Å²) in [6, 6.07) is 12.8. The summed E-state index contributed by atoms with van der Waals surface area (Å²) >= 11 is 6.05. The minimum absolute atomic E-state index is 0.0671. The molecule has 150 valence electrons. The van der Waals surface area contributed by atoms with Crippen LogP contribution in [-0.2, 0) is 34.2 Å². The number of carbonyl (C=O) groups excluding carboxylic acids is 1. The molecule has 1 heterocycles. The molecule has 2 aromatic rings. The zero-order valence-corrected chi connectivity index (χ0v) is 17.2. The van der Waals surface area contributed by atoms with E-state index < -0.39 is 10.0 Å². The van der Waals surface area contributed by atoms with Gasteiger partial charge in [-0.05, 0) is 41.3 Å². The van der Waals surface area contributed by atoms with E-state index in [4.69, 9.17) is 16.3 Å². The molecule has 0 aliphatic carbocycles. The number of carbonyl (C=O) groups is 1. The number of hydrogen-bond donors (Lipinski definition) is 1. The Balaban J connectivity index is 1.53. The molecule has 6 nitrogen and oxygen atoms in total. The van der Waals surface area contributed by atoms with Crippen LogP contribution in [0.3, 0.4) is 0 Å². The lowest BCUT2D eigenvalue weighted by atomic mass is 10.0. The number of fused-ring (bicyclic) bond motifs is 1. The standard InChI is InChI=1S/C20H23ClN2O4S/c1-27-18-7-6-17-14-23(10-8-15(17)12-18)28(25,26)11-9-22-20(24)13-16-4-2-3-5-19(16)21/h2-7,12H,8-11,13-14H2,1H3,(H,22,24). The number of nitrogens with one attached hydrogen (secondary N) is 1. The van der Waals surface area contributed by atoms with Crippen molar-refractivity contribution in [3.05, 3.63) is 64.2 Å². The normalized spacial score (nSPS) is 14.4. The quantitative estimate of drug-likeness (QED) is 0.743. The van der Waals surface area contributed by atoms with Crippen LogP contribution in [0.4, 0.5) is 0 Å². The van der Waals surface area contributed by atoms with Crippen molar-refractivity contribution in [1.29, 1.82) is 0 Å². The molecule has 0 bridgehead atoms. The first-order valence-electron chi connectivity index (χ1n) is 9.03. The van der Waals surface area contributed by atoms with Crippen LogP contribution in [0, 0.1) is 0 Å². The number of methoxy groups -OCH3 is 1. The molecule has 1 N–H and O–H groups in total. The number of ether oxygens (including phenoxy) is 1. The van der Waals surface area contributed by atoms with Gasteiger partial charge in [-0.1, -0.05) is 35.9 Å². The SMILES string of the molecule is COc1ccc2c(c1)CCN(S(=O)(=O)CCNC(=O)Cc1ccccc1Cl)C2. The zero-order chi connectivity index (χ0) is 20.1. The number of sulfonamides is 1. The van der Waals surface area contributed by atoms with Crippen molar-refractivity contribution >= 4 is 27.5 Å². The van der Waals surface area contributed by atoms with Crippen molar-refractivity contribution in [2.75, 3.05) is 26.0 Å². The second-order valence-corrected chi connectivity index (χ2v) is 9.15. The highest BCUT2D eigenvalue weighted by molar-refractivity contribution is 7.89. The minimum Gasteiger partial charge on any atom is -0.497 e. The Morgan fingerprint density at radius 1 is 1.21 bits per heavy atom. The summed E-state index contributed by atoms with van der Waals surface area (Å²) in [7, 11) is -1.84. The van der Waals surface area contributed by atoms with Gasteiger partial charge < -0.3 is 10.1 Å². The number of nitrogens with zero attached hydrogens (tertiary/aromatic N) is 1. The first kappa shape index (κ1) is 20.6. The van der Waals surface area contributed by atoms with Crippen LogP contribution in [0.2, 0.25) is 5.02 Å². The number of rotatable bonds is 7. The summed E-state index contributed by atoms with van der Waals surface area (Å²) in [6.45, 7) is 0.836. The minimum atomic E-state index is -3.46. The van der Waals surface area contributed by atoms with E-state index in [1.807, 2.05) is 24.3 Å². The van der Waals surface area contributed by atoms with Crippen LogP contribution in [0.15, 0.2) is 42.5 Å². The molecule has 2 aromatic carbocycles. The monoisotopic (exact) mass is 422 g/mol. The average molecular weight is 423 g/mol. The number of benzene rings is 2. The highest BCUT2D eigenvalue weighted by atomic mass is 35.5. The van der Waals surface area contributed by atoms with Crippen molar-refractivity contribution in [3.63, 3.8) is 0 Å². The Morgan fingerprint density at radius 3 is 2.75 bits per heavy atom. The Kier molecular flexibility index (Phi) is 6.59. The van der Waals surface area contributed by atoms with Crippen LogP contribution >= 0.6 is 11.6 Å². The van der Waals surface area contributed by atoms with E-state index in [1.165, 1.54) is 4.31 Å². The van der Waals surface area contributed by atoms with Gasteiger partial charge in [-0.15, -0.1) is 0 Å². The van der Waals surface area contributed by atoms with E-state index in [-0.39, 0.29) is 24.6 Å². The molecule has 0 unspecified atom stereocenters. The van der Waals surface area contributed by atoms with Gasteiger partial charge >= 0.3 is 0 Å². The van der Waals surface area contributed by atoms with E-state index in [1.54, 1.807) is 25.3 Å². The topological polar surface area (TPSA) is 75.7 Å². The molecule has 3 rings (SSSR count). The maximum Gasteiger partial charge on any atom is 0.224 e. The van der Waals surface area contributed by atoms with Crippen molar-refractivity contribution in [3.8, 4) is 5.75 Å². The van der Waals surface area contributed by atoms with Gasteiger partial charge in [0.25, 0.3) is 0 Å². The molecule has 0 spiro atoms. The van der Waals surface area contributed by atoms with Gasteiger partial charge in [0.15, 0.2) is 0 Å². The summed E-state index contributed by atoms with van der Waals surface area (Å²) in [5.41, 5.74) is 2.81. The fourth-order valence-corrected chi connectivity index (χ4v) is 4.72. The lowest BCUT2D eigenvalue weighted by Crippen LogP contribution is -2.40. The van der Waals surface area contributed by atoms with Gasteiger partial charge in [0.05, 0.1) is 19.3 Å². The van der Waals surface area contributed by atoms with E-state index in [2.05, 4.69) is 5.32 Å². The third kappa shape index (κ3) is 5.04. The Hall–Kier alpha value is -2.09. The van der Waals surface area contributed by atoms with Crippen LogP contribution in [0.5, 0.6) is 5.75 Å². The van der Waals surface area contributed by atoms with Crippen LogP contribution in [-0.4, -0.2) is 44.6 Å². The predicted octanol–water partition coefficient (Wildman–Crippen LogP) is 2.40. The first-order valence-corrected chi connectivity index (χ1v) is 11.0. The maximum atomic E-state index is 12.6. The smallest absolute Gasteiger partial charge is 0.224 e. The summed E-state index contributed by atoms with van der Waals surface area (Å²) in [5.74, 6) is 0.392. The predicted molar refractivity (Wildman–Crippen MR) is 109 cm³/mol. The third-order valence-corrected chi connectivity index (χ3v) is 6.96. The third-order valence-electron chi connectivity index (χ3n) is 4.78. The fourth-order valence-electron chi connectivity index (χ4n) is 3.19. The molecule has 28 heavy (non-hydrogen) atoms. The lowest BCUT2D eigenvalue weighted by Gasteiger charge is -2.28. The van der Waals surface area contributed by atoms with E-state index in [9.17, 15) is 13.2 Å². The molecular formula is C20H23ClN2O4S. The van der Waals surface area contributed by atoms with Crippen LogP contribution < -0.4 is 10.1 Å². The van der Waals surface area contributed by atoms with Gasteiger partial charge in [0.1, 0.15) is 5.75 Å². The number of halogens is 1. The fraction of sp³-hybridized carbons (Fsp3) is 0.350. The van der Waals surface area contributed by atoms with Crippen molar-refractivity contribution in [1.82, 2.24) is 9.62 Å². The molecule has 0 radical (unpaired) electrons. The summed E-state index contributed by atoms with van der Waals surface area (Å²) < 4.78 is 32.0. The molecule has 8 heteroatoms. The molecular weight excluding hydrogens is 400 g/mol. The Labute approximate surface area is 170 Å². The van der Waals surface area contributed by atoms with E-state index in [0.717, 1.165) is 16.9 Å². The highest BCUT2D eigenvalue weighted by Crippen LogP contribution is 2.25. The molecule has 1 amide bonds. The molecule has 0 saturated carbocycles. The summed E-state index contributed by atoms with van der Waals surface area (Å²) in [5, 5.41) is 3.19. The molecule has 0 saturated heterocycles. The second kappa shape index (κ2) is 8.94. The van der Waals surface area contributed by atoms with Gasteiger partial charge in [-0.25, -0.2) is 8.42 Å². The largest absolute Gasteiger partial charge is 0.497 e. The Morgan fingerprint density at radius 2 is 2.00 bits per heavy atom. The second-order valence-electron chi connectivity index (χ2n) is 6.65. The number of amides is 1. The maximum absolute atomic E-state index is 12.6. The van der Waals surface area contributed by atoms with E-state index in [0.29, 0.717) is 30.1 Å². The molecule has 0 aromatic heterocycles. The van der Waals surface area contributed by atoms with Crippen molar-refractivity contribution < 1.29 is 17.9 Å². The molecule has 0 atom stereocenters. The van der Waals surface area contributed by atoms with Crippen molar-refractivity contribution in [2.45, 2.75) is 19.4 Å². The van der Waals surface area contributed by atoms with E-state index >= 15 is 0 Å². The van der Waals surface area contributed by atoms with Gasteiger partial charge in [-0.2, -0.15) is 4.31 Å². The van der Waals surface area contributed by atoms with Crippen molar-refractivity contribution in [2.24, 2.45) is 0 Å². The zero-order valence-electron chi connectivity index (χ0n) is 15.7. The van der Waals surface area contributed by atoms with Crippen LogP contribution in [0.1, 0.15) is 16.7 Å². The first-order chi connectivity index (χ1) is 13.4. The Bertz CT molecular complexity index is 962. The highest BCUT2D eigenvalue weighted by Gasteiger charge is 2.26. The molecule has 0 fully saturated rings. The van der Waals surface area contributed by atoms with Gasteiger partial charge in [0.2, 0.25) is 15.9 Å². The summed E-state index contributed by atoms with van der Waals surface area (Å²) in [6.07, 6.45) is 0.767. The summed E-state index contributed by atoms with van der Waals surface area (Å²) in [4.78, 5) is 12.1. The van der Waals surface area contributed by atoms with Crippen LogP contribution in [0.25, 0.3) is 0 Å².